The van der Waals surface area contributed by atoms with Gasteiger partial charge in [-0.1, -0.05) is 140 Å². The Morgan fingerprint density at radius 3 is 1.87 bits per heavy atom. The summed E-state index contributed by atoms with van der Waals surface area (Å²) >= 11 is 0. The van der Waals surface area contributed by atoms with E-state index in [4.69, 9.17) is 9.98 Å². The van der Waals surface area contributed by atoms with Gasteiger partial charge < -0.3 is 5.32 Å². The molecule has 3 nitrogen and oxygen atoms in total. The fourth-order valence-corrected chi connectivity index (χ4v) is 8.01. The molecule has 45 heavy (non-hydrogen) atoms. The molecule has 1 unspecified atom stereocenters. The molecule has 0 amide bonds. The average molecular weight is 580 g/mol. The predicted octanol–water partition coefficient (Wildman–Crippen LogP) is 9.17. The minimum absolute atomic E-state index is 0.396. The highest BCUT2D eigenvalue weighted by Crippen LogP contribution is 2.62. The Bertz CT molecular complexity index is 2080. The van der Waals surface area contributed by atoms with Gasteiger partial charge in [0.05, 0.1) is 5.41 Å². The molecule has 1 spiro atoms. The third kappa shape index (κ3) is 3.70. The number of fused-ring (bicyclic) bond motifs is 10. The van der Waals surface area contributed by atoms with Gasteiger partial charge in [-0.15, -0.1) is 0 Å². The lowest BCUT2D eigenvalue weighted by Gasteiger charge is -2.35. The van der Waals surface area contributed by atoms with Gasteiger partial charge in [0.2, 0.25) is 0 Å². The van der Waals surface area contributed by atoms with Crippen molar-refractivity contribution in [1.82, 2.24) is 5.32 Å². The Kier molecular flexibility index (Phi) is 5.58. The Hall–Kier alpha value is -5.28. The topological polar surface area (TPSA) is 36.8 Å². The second kappa shape index (κ2) is 9.61. The summed E-state index contributed by atoms with van der Waals surface area (Å²) in [5.41, 5.74) is 12.7. The van der Waals surface area contributed by atoms with Gasteiger partial charge in [0.25, 0.3) is 0 Å². The van der Waals surface area contributed by atoms with Crippen molar-refractivity contribution < 1.29 is 0 Å². The molecule has 9 rings (SSSR count). The summed E-state index contributed by atoms with van der Waals surface area (Å²) in [7, 11) is 0. The highest BCUT2D eigenvalue weighted by atomic mass is 15.2. The van der Waals surface area contributed by atoms with Gasteiger partial charge >= 0.3 is 0 Å². The summed E-state index contributed by atoms with van der Waals surface area (Å²) in [6.07, 6.45) is 7.76. The maximum atomic E-state index is 5.39. The molecule has 216 valence electrons. The smallest absolute Gasteiger partial charge is 0.159 e. The highest BCUT2D eigenvalue weighted by Gasteiger charge is 2.52. The maximum Gasteiger partial charge on any atom is 0.159 e. The zero-order valence-electron chi connectivity index (χ0n) is 25.5. The van der Waals surface area contributed by atoms with E-state index in [1.807, 2.05) is 6.07 Å². The predicted molar refractivity (Wildman–Crippen MR) is 185 cm³/mol. The lowest BCUT2D eigenvalue weighted by molar-refractivity contribution is 0.454. The van der Waals surface area contributed by atoms with Gasteiger partial charge in [-0.3, -0.25) is 0 Å². The summed E-state index contributed by atoms with van der Waals surface area (Å²) in [5, 5.41) is 3.78. The molecule has 2 atom stereocenters. The summed E-state index contributed by atoms with van der Waals surface area (Å²) in [5.74, 6) is 2.06. The van der Waals surface area contributed by atoms with Crippen LogP contribution in [0.1, 0.15) is 53.6 Å². The first-order valence-electron chi connectivity index (χ1n) is 15.9. The Labute approximate surface area is 264 Å². The number of aliphatic imine (C=N–C) groups is 2. The van der Waals surface area contributed by atoms with Gasteiger partial charge in [0.1, 0.15) is 5.84 Å². The van der Waals surface area contributed by atoms with Crippen LogP contribution in [-0.4, -0.2) is 11.7 Å². The van der Waals surface area contributed by atoms with Gasteiger partial charge in [0, 0.05) is 11.1 Å². The van der Waals surface area contributed by atoms with E-state index in [1.54, 1.807) is 0 Å². The summed E-state index contributed by atoms with van der Waals surface area (Å²) in [6, 6.07) is 44.3. The Morgan fingerprint density at radius 1 is 0.667 bits per heavy atom. The largest absolute Gasteiger partial charge is 0.342 e. The molecular weight excluding hydrogens is 546 g/mol. The first-order valence-corrected chi connectivity index (χ1v) is 15.9. The van der Waals surface area contributed by atoms with Crippen LogP contribution in [0.5, 0.6) is 0 Å². The molecule has 0 radical (unpaired) electrons. The Morgan fingerprint density at radius 2 is 1.24 bits per heavy atom. The maximum absolute atomic E-state index is 5.39. The zero-order chi connectivity index (χ0) is 30.2. The first-order chi connectivity index (χ1) is 22.1. The fourth-order valence-electron chi connectivity index (χ4n) is 8.01. The molecule has 3 heteroatoms. The van der Waals surface area contributed by atoms with Crippen LogP contribution < -0.4 is 5.32 Å². The van der Waals surface area contributed by atoms with Crippen LogP contribution in [-0.2, 0) is 11.1 Å². The van der Waals surface area contributed by atoms with Gasteiger partial charge in [-0.2, -0.15) is 0 Å². The van der Waals surface area contributed by atoms with Crippen molar-refractivity contribution in [2.75, 3.05) is 0 Å². The van der Waals surface area contributed by atoms with Crippen LogP contribution in [0.4, 0.5) is 0 Å². The number of amidine groups is 2. The van der Waals surface area contributed by atoms with Crippen molar-refractivity contribution in [1.29, 1.82) is 0 Å². The van der Waals surface area contributed by atoms with Crippen molar-refractivity contribution in [2.45, 2.75) is 31.3 Å². The van der Waals surface area contributed by atoms with E-state index < -0.39 is 11.1 Å². The lowest BCUT2D eigenvalue weighted by Crippen LogP contribution is -2.46. The van der Waals surface area contributed by atoms with Crippen LogP contribution in [0.3, 0.4) is 0 Å². The number of benzene rings is 5. The number of rotatable bonds is 3. The molecule has 3 aliphatic carbocycles. The first kappa shape index (κ1) is 26.2. The van der Waals surface area contributed by atoms with Gasteiger partial charge in [0.15, 0.2) is 11.5 Å². The number of nitrogens with one attached hydrogen (secondary N) is 1. The minimum atomic E-state index is -0.736. The summed E-state index contributed by atoms with van der Waals surface area (Å²) in [6.45, 7) is 4.44. The van der Waals surface area contributed by atoms with Crippen molar-refractivity contribution in [3.63, 3.8) is 0 Å². The standard InChI is InChI=1S/C42H33N3/c1-27-13-12-16-29(25-27)40-43-39(28-14-4-3-5-15-28)44-41(2,45-40)30-23-24-34-33-19-8-11-22-37(33)42(38(34)26-30)35-20-9-6-17-31(35)32-18-7-10-21-36(32)42/h3-12,14-27H,13H2,1-2H3,(H,43,44,45)/t27?,41-/m0/s1. The van der Waals surface area contributed by atoms with E-state index in [9.17, 15) is 0 Å². The van der Waals surface area contributed by atoms with E-state index >= 15 is 0 Å². The molecule has 0 saturated carbocycles. The number of allylic oxidation sites excluding steroid dienone is 2. The third-order valence-corrected chi connectivity index (χ3v) is 10.0. The average Bonchev–Trinajstić information content (AvgIpc) is 3.56. The van der Waals surface area contributed by atoms with Crippen LogP contribution in [0.15, 0.2) is 155 Å². The molecule has 5 aromatic rings. The van der Waals surface area contributed by atoms with E-state index in [-0.39, 0.29) is 0 Å². The summed E-state index contributed by atoms with van der Waals surface area (Å²) < 4.78 is 0. The molecule has 1 aliphatic heterocycles. The molecule has 0 aromatic heterocycles. The van der Waals surface area contributed by atoms with E-state index in [1.165, 1.54) is 44.5 Å². The summed E-state index contributed by atoms with van der Waals surface area (Å²) in [4.78, 5) is 10.5. The second-order valence-corrected chi connectivity index (χ2v) is 12.8. The SMILES string of the molecule is CC1C=C(C2=N[C@@](C)(c3ccc4c(c3)C3(c5ccccc5-c5ccccc53)c3ccccc3-4)NC(c3ccccc3)=N2)C=CC1. The monoisotopic (exact) mass is 579 g/mol. The number of hydrogen-bond acceptors (Lipinski definition) is 3. The van der Waals surface area contributed by atoms with E-state index in [0.717, 1.165) is 34.8 Å². The zero-order valence-corrected chi connectivity index (χ0v) is 25.5. The van der Waals surface area contributed by atoms with Gasteiger partial charge in [-0.25, -0.2) is 9.98 Å². The van der Waals surface area contributed by atoms with Crippen molar-refractivity contribution >= 4 is 11.7 Å². The molecule has 0 bridgehead atoms. The second-order valence-electron chi connectivity index (χ2n) is 12.8. The van der Waals surface area contributed by atoms with Crippen LogP contribution in [0.25, 0.3) is 22.3 Å². The molecule has 0 fully saturated rings. The molecule has 1 N–H and O–H groups in total. The Balaban J connectivity index is 1.28. The molecule has 4 aliphatic rings. The minimum Gasteiger partial charge on any atom is -0.342 e. The fraction of sp³-hybridized carbons (Fsp3) is 0.143. The van der Waals surface area contributed by atoms with Crippen molar-refractivity contribution in [3.05, 3.63) is 179 Å². The van der Waals surface area contributed by atoms with Crippen LogP contribution >= 0.6 is 0 Å². The molecule has 5 aromatic carbocycles. The van der Waals surface area contributed by atoms with E-state index in [2.05, 4.69) is 153 Å². The van der Waals surface area contributed by atoms with Crippen molar-refractivity contribution in [3.8, 4) is 22.3 Å². The van der Waals surface area contributed by atoms with Gasteiger partial charge in [-0.05, 0) is 75.4 Å². The molecule has 0 saturated heterocycles. The molecular formula is C42H33N3. The molecule has 1 heterocycles. The van der Waals surface area contributed by atoms with Crippen molar-refractivity contribution in [2.24, 2.45) is 15.9 Å². The third-order valence-electron chi connectivity index (χ3n) is 10.0. The quantitative estimate of drug-likeness (QED) is 0.223. The highest BCUT2D eigenvalue weighted by molar-refractivity contribution is 6.14. The normalized spacial score (nSPS) is 21.6. The van der Waals surface area contributed by atoms with Crippen LogP contribution in [0.2, 0.25) is 0 Å². The number of hydrogen-bond donors (Lipinski definition) is 1. The van der Waals surface area contributed by atoms with E-state index in [0.29, 0.717) is 5.92 Å². The number of nitrogens with zero attached hydrogens (tertiary/aromatic N) is 2. The lowest BCUT2D eigenvalue weighted by atomic mass is 9.70. The van der Waals surface area contributed by atoms with Crippen LogP contribution in [0, 0.1) is 5.92 Å².